The van der Waals surface area contributed by atoms with Gasteiger partial charge in [0.25, 0.3) is 5.56 Å². The Morgan fingerprint density at radius 2 is 1.76 bits per heavy atom. The van der Waals surface area contributed by atoms with Gasteiger partial charge in [-0.1, -0.05) is 24.3 Å². The first kappa shape index (κ1) is 24.2. The van der Waals surface area contributed by atoms with Gasteiger partial charge in [-0.2, -0.15) is 5.10 Å². The molecule has 0 saturated heterocycles. The standard InChI is InChI=1S/C28H25N5O3S2/c1-18(20-11-12-23-24(16-20)36-14-13-35-23)30-32-22(25-10-7-15-37-25)17-38-28(32)29-26-19(2)31(3)33(27(26)34)21-8-5-4-6-9-21/h4-12,15-17H,13-14H2,1-3H3/b29-28?,30-18-. The van der Waals surface area contributed by atoms with E-state index >= 15 is 0 Å². The lowest BCUT2D eigenvalue weighted by molar-refractivity contribution is 0.171. The third-order valence-electron chi connectivity index (χ3n) is 6.40. The monoisotopic (exact) mass is 543 g/mol. The van der Waals surface area contributed by atoms with Crippen LogP contribution in [-0.2, 0) is 7.05 Å². The summed E-state index contributed by atoms with van der Waals surface area (Å²) < 4.78 is 16.7. The summed E-state index contributed by atoms with van der Waals surface area (Å²) >= 11 is 3.08. The van der Waals surface area contributed by atoms with Crippen molar-refractivity contribution < 1.29 is 9.47 Å². The third kappa shape index (κ3) is 4.31. The first-order valence-corrected chi connectivity index (χ1v) is 13.9. The van der Waals surface area contributed by atoms with Crippen LogP contribution in [0.3, 0.4) is 0 Å². The van der Waals surface area contributed by atoms with Gasteiger partial charge in [0.15, 0.2) is 17.2 Å². The van der Waals surface area contributed by atoms with Crippen LogP contribution >= 0.6 is 22.7 Å². The van der Waals surface area contributed by atoms with Crippen LogP contribution in [0.1, 0.15) is 18.2 Å². The number of benzene rings is 2. The van der Waals surface area contributed by atoms with E-state index in [1.807, 2.05) is 95.6 Å². The molecule has 0 N–H and O–H groups in total. The summed E-state index contributed by atoms with van der Waals surface area (Å²) in [7, 11) is 1.87. The largest absolute Gasteiger partial charge is 0.486 e. The van der Waals surface area contributed by atoms with Crippen molar-refractivity contribution in [2.24, 2.45) is 17.1 Å². The van der Waals surface area contributed by atoms with Crippen molar-refractivity contribution in [2.75, 3.05) is 13.2 Å². The SMILES string of the molecule is C/C(=N/n1c(-c2cccs2)csc1=Nc1c(C)n(C)n(-c2ccccc2)c1=O)c1ccc2c(c1)OCCO2. The molecule has 4 heterocycles. The highest BCUT2D eigenvalue weighted by Crippen LogP contribution is 2.31. The highest BCUT2D eigenvalue weighted by atomic mass is 32.1. The molecule has 10 heteroatoms. The predicted molar refractivity (Wildman–Crippen MR) is 152 cm³/mol. The van der Waals surface area contributed by atoms with Crippen molar-refractivity contribution in [1.82, 2.24) is 14.0 Å². The topological polar surface area (TPSA) is 75.0 Å². The van der Waals surface area contributed by atoms with Gasteiger partial charge in [0.2, 0.25) is 4.80 Å². The number of thiophene rings is 1. The highest BCUT2D eigenvalue weighted by Gasteiger charge is 2.18. The summed E-state index contributed by atoms with van der Waals surface area (Å²) in [5.41, 5.74) is 4.37. The van der Waals surface area contributed by atoms with E-state index in [1.54, 1.807) is 16.0 Å². The number of fused-ring (bicyclic) bond motifs is 1. The first-order chi connectivity index (χ1) is 18.5. The Hall–Kier alpha value is -4.15. The Labute approximate surface area is 227 Å². The van der Waals surface area contributed by atoms with Crippen molar-refractivity contribution in [3.63, 3.8) is 0 Å². The lowest BCUT2D eigenvalue weighted by Crippen LogP contribution is -2.20. The fourth-order valence-electron chi connectivity index (χ4n) is 4.32. The minimum absolute atomic E-state index is 0.179. The Kier molecular flexibility index (Phi) is 6.34. The maximum Gasteiger partial charge on any atom is 0.297 e. The second kappa shape index (κ2) is 9.96. The number of aromatic nitrogens is 3. The van der Waals surface area contributed by atoms with E-state index in [-0.39, 0.29) is 5.56 Å². The number of rotatable bonds is 5. The Morgan fingerprint density at radius 3 is 2.53 bits per heavy atom. The van der Waals surface area contributed by atoms with E-state index in [2.05, 4.69) is 6.07 Å². The fraction of sp³-hybridized carbons (Fsp3) is 0.179. The molecule has 3 aromatic heterocycles. The van der Waals surface area contributed by atoms with Crippen molar-refractivity contribution in [3.05, 3.63) is 97.8 Å². The molecule has 0 aliphatic carbocycles. The van der Waals surface area contributed by atoms with E-state index in [1.165, 1.54) is 11.3 Å². The first-order valence-electron chi connectivity index (χ1n) is 12.1. The molecule has 0 unspecified atom stereocenters. The van der Waals surface area contributed by atoms with Gasteiger partial charge in [0.05, 0.1) is 27.7 Å². The average Bonchev–Trinajstić information content (AvgIpc) is 3.66. The Balaban J connectivity index is 1.51. The number of hydrogen-bond acceptors (Lipinski definition) is 7. The molecule has 0 atom stereocenters. The Morgan fingerprint density at radius 1 is 0.974 bits per heavy atom. The normalized spacial score (nSPS) is 13.8. The Bertz CT molecular complexity index is 1770. The van der Waals surface area contributed by atoms with E-state index < -0.39 is 0 Å². The molecule has 5 aromatic rings. The molecule has 0 radical (unpaired) electrons. The second-order valence-electron chi connectivity index (χ2n) is 8.76. The molecule has 8 nitrogen and oxygen atoms in total. The minimum Gasteiger partial charge on any atom is -0.486 e. The van der Waals surface area contributed by atoms with Crippen LogP contribution in [0.25, 0.3) is 16.3 Å². The molecule has 0 fully saturated rings. The molecular weight excluding hydrogens is 518 g/mol. The second-order valence-corrected chi connectivity index (χ2v) is 10.5. The van der Waals surface area contributed by atoms with Gasteiger partial charge in [-0.3, -0.25) is 9.48 Å². The molecule has 6 rings (SSSR count). The van der Waals surface area contributed by atoms with E-state index in [4.69, 9.17) is 19.6 Å². The van der Waals surface area contributed by atoms with Gasteiger partial charge in [-0.15, -0.1) is 22.7 Å². The van der Waals surface area contributed by atoms with Gasteiger partial charge in [0, 0.05) is 18.0 Å². The maximum atomic E-state index is 13.5. The van der Waals surface area contributed by atoms with Crippen molar-refractivity contribution in [2.45, 2.75) is 13.8 Å². The van der Waals surface area contributed by atoms with Gasteiger partial charge >= 0.3 is 0 Å². The predicted octanol–water partition coefficient (Wildman–Crippen LogP) is 5.35. The molecule has 0 amide bonds. The smallest absolute Gasteiger partial charge is 0.297 e. The molecule has 38 heavy (non-hydrogen) atoms. The summed E-state index contributed by atoms with van der Waals surface area (Å²) in [6.07, 6.45) is 0. The van der Waals surface area contributed by atoms with Crippen molar-refractivity contribution in [3.8, 4) is 27.8 Å². The van der Waals surface area contributed by atoms with Gasteiger partial charge < -0.3 is 9.47 Å². The van der Waals surface area contributed by atoms with Crippen molar-refractivity contribution >= 4 is 34.1 Å². The lowest BCUT2D eigenvalue weighted by Gasteiger charge is -2.18. The molecule has 0 saturated carbocycles. The number of para-hydroxylation sites is 1. The minimum atomic E-state index is -0.179. The average molecular weight is 544 g/mol. The number of thiazole rings is 1. The summed E-state index contributed by atoms with van der Waals surface area (Å²) in [5, 5.41) is 9.04. The van der Waals surface area contributed by atoms with Crippen LogP contribution in [-0.4, -0.2) is 33.0 Å². The lowest BCUT2D eigenvalue weighted by atomic mass is 10.1. The van der Waals surface area contributed by atoms with Gasteiger partial charge in [-0.25, -0.2) is 14.4 Å². The zero-order valence-corrected chi connectivity index (χ0v) is 22.8. The third-order valence-corrected chi connectivity index (χ3v) is 8.11. The van der Waals surface area contributed by atoms with Crippen LogP contribution in [0.2, 0.25) is 0 Å². The maximum absolute atomic E-state index is 13.5. The summed E-state index contributed by atoms with van der Waals surface area (Å²) in [5.74, 6) is 1.45. The summed E-state index contributed by atoms with van der Waals surface area (Å²) in [6.45, 7) is 4.92. The molecule has 0 bridgehead atoms. The van der Waals surface area contributed by atoms with E-state index in [9.17, 15) is 4.79 Å². The number of hydrogen-bond donors (Lipinski definition) is 0. The van der Waals surface area contributed by atoms with Crippen LogP contribution in [0.4, 0.5) is 5.69 Å². The molecule has 1 aliphatic heterocycles. The zero-order valence-electron chi connectivity index (χ0n) is 21.1. The van der Waals surface area contributed by atoms with Crippen molar-refractivity contribution in [1.29, 1.82) is 0 Å². The zero-order chi connectivity index (χ0) is 26.2. The van der Waals surface area contributed by atoms with E-state index in [0.29, 0.717) is 29.5 Å². The van der Waals surface area contributed by atoms with E-state index in [0.717, 1.165) is 39.0 Å². The summed E-state index contributed by atoms with van der Waals surface area (Å²) in [4.78, 5) is 20.1. The molecule has 192 valence electrons. The summed E-state index contributed by atoms with van der Waals surface area (Å²) in [6, 6.07) is 19.5. The van der Waals surface area contributed by atoms with Gasteiger partial charge in [-0.05, 0) is 55.6 Å². The molecule has 0 spiro atoms. The quantitative estimate of drug-likeness (QED) is 0.281. The molecule has 1 aliphatic rings. The van der Waals surface area contributed by atoms with Crippen LogP contribution in [0.15, 0.2) is 86.3 Å². The highest BCUT2D eigenvalue weighted by molar-refractivity contribution is 7.14. The van der Waals surface area contributed by atoms with Crippen LogP contribution < -0.4 is 19.8 Å². The van der Waals surface area contributed by atoms with Crippen LogP contribution in [0, 0.1) is 6.92 Å². The molecule has 2 aromatic carbocycles. The number of ether oxygens (including phenoxy) is 2. The van der Waals surface area contributed by atoms with Crippen LogP contribution in [0.5, 0.6) is 11.5 Å². The fourth-order valence-corrected chi connectivity index (χ4v) is 5.95. The molecular formula is C28H25N5O3S2. The van der Waals surface area contributed by atoms with Gasteiger partial charge in [0.1, 0.15) is 13.2 Å². The number of nitrogens with zero attached hydrogens (tertiary/aromatic N) is 5.